The van der Waals surface area contributed by atoms with Crippen LogP contribution in [0.15, 0.2) is 29.2 Å². The summed E-state index contributed by atoms with van der Waals surface area (Å²) in [6.45, 7) is 10.7. The van der Waals surface area contributed by atoms with Crippen LogP contribution in [0.5, 0.6) is 0 Å². The van der Waals surface area contributed by atoms with Crippen LogP contribution in [0.3, 0.4) is 0 Å². The molecule has 176 valence electrons. The van der Waals surface area contributed by atoms with Gasteiger partial charge in [-0.2, -0.15) is 4.31 Å². The zero-order chi connectivity index (χ0) is 23.8. The van der Waals surface area contributed by atoms with Gasteiger partial charge < -0.3 is 20.1 Å². The third kappa shape index (κ3) is 9.74. The fourth-order valence-corrected chi connectivity index (χ4v) is 4.13. The van der Waals surface area contributed by atoms with E-state index in [9.17, 15) is 13.5 Å². The van der Waals surface area contributed by atoms with Crippen molar-refractivity contribution in [2.75, 3.05) is 39.3 Å². The highest BCUT2D eigenvalue weighted by Gasteiger charge is 2.29. The number of aryl methyl sites for hydroxylation is 1. The van der Waals surface area contributed by atoms with Gasteiger partial charge in [0.1, 0.15) is 0 Å². The minimum absolute atomic E-state index is 0.276. The first-order valence-corrected chi connectivity index (χ1v) is 11.2. The zero-order valence-corrected chi connectivity index (χ0v) is 19.1. The van der Waals surface area contributed by atoms with Crippen LogP contribution in [0.4, 0.5) is 0 Å². The van der Waals surface area contributed by atoms with Gasteiger partial charge in [0.2, 0.25) is 10.0 Å². The number of carbonyl (C=O) groups is 2. The Bertz CT molecular complexity index is 814. The van der Waals surface area contributed by atoms with Crippen molar-refractivity contribution in [1.29, 1.82) is 0 Å². The van der Waals surface area contributed by atoms with E-state index < -0.39 is 28.1 Å². The second-order valence-electron chi connectivity index (χ2n) is 8.21. The van der Waals surface area contributed by atoms with E-state index in [1.54, 1.807) is 12.1 Å². The van der Waals surface area contributed by atoms with Gasteiger partial charge in [-0.15, -0.1) is 0 Å². The third-order valence-electron chi connectivity index (χ3n) is 4.35. The van der Waals surface area contributed by atoms with Crippen LogP contribution in [0.2, 0.25) is 0 Å². The molecular formula is C20H32N2O8S. The number of β-amino-alcohol motifs (C(OH)–C–C–N with tert-alkyl or cyclic N) is 1. The van der Waals surface area contributed by atoms with E-state index in [1.807, 2.05) is 39.8 Å². The molecular weight excluding hydrogens is 428 g/mol. The zero-order valence-electron chi connectivity index (χ0n) is 18.3. The third-order valence-corrected chi connectivity index (χ3v) is 6.26. The lowest BCUT2D eigenvalue weighted by Crippen LogP contribution is -2.50. The van der Waals surface area contributed by atoms with Crippen molar-refractivity contribution in [3.8, 4) is 0 Å². The van der Waals surface area contributed by atoms with Gasteiger partial charge in [-0.25, -0.2) is 18.0 Å². The van der Waals surface area contributed by atoms with Crippen molar-refractivity contribution in [2.24, 2.45) is 0 Å². The number of aliphatic carboxylic acids is 2. The van der Waals surface area contributed by atoms with E-state index in [-0.39, 0.29) is 12.2 Å². The number of aliphatic hydroxyl groups excluding tert-OH is 1. The molecule has 31 heavy (non-hydrogen) atoms. The standard InChI is InChI=1S/C18H30N2O4S.C2H2O4/c1-15-5-7-17(8-6-15)25(22,23)20-11-9-19(10-12-20)13-16(21)14-24-18(2,3)4;3-1(4)2(5)6/h5-8,16,21H,9-14H2,1-4H3;(H,3,4)(H,5,6). The van der Waals surface area contributed by atoms with E-state index in [4.69, 9.17) is 24.5 Å². The fraction of sp³-hybridized carbons (Fsp3) is 0.600. The summed E-state index contributed by atoms with van der Waals surface area (Å²) >= 11 is 0. The molecule has 1 saturated heterocycles. The molecule has 3 N–H and O–H groups in total. The number of ether oxygens (including phenoxy) is 1. The monoisotopic (exact) mass is 460 g/mol. The Kier molecular flexibility index (Phi) is 10.0. The Morgan fingerprint density at radius 2 is 1.52 bits per heavy atom. The Labute approximate surface area is 183 Å². The summed E-state index contributed by atoms with van der Waals surface area (Å²) in [7, 11) is -3.44. The highest BCUT2D eigenvalue weighted by molar-refractivity contribution is 7.89. The van der Waals surface area contributed by atoms with Crippen LogP contribution in [0.25, 0.3) is 0 Å². The van der Waals surface area contributed by atoms with Crippen LogP contribution in [0, 0.1) is 6.92 Å². The molecule has 1 aliphatic rings. The van der Waals surface area contributed by atoms with E-state index in [0.29, 0.717) is 37.6 Å². The highest BCUT2D eigenvalue weighted by Crippen LogP contribution is 2.18. The van der Waals surface area contributed by atoms with Gasteiger partial charge in [0, 0.05) is 32.7 Å². The summed E-state index contributed by atoms with van der Waals surface area (Å²) in [5, 5.41) is 24.9. The molecule has 1 aromatic rings. The van der Waals surface area contributed by atoms with Gasteiger partial charge >= 0.3 is 11.9 Å². The molecule has 0 spiro atoms. The fourth-order valence-electron chi connectivity index (χ4n) is 2.71. The Hall–Kier alpha value is -2.05. The minimum Gasteiger partial charge on any atom is -0.473 e. The number of nitrogens with zero attached hydrogens (tertiary/aromatic N) is 2. The van der Waals surface area contributed by atoms with Crippen LogP contribution in [-0.4, -0.2) is 95.9 Å². The molecule has 0 aromatic heterocycles. The molecule has 0 amide bonds. The van der Waals surface area contributed by atoms with Crippen molar-refractivity contribution in [1.82, 2.24) is 9.21 Å². The number of piperazine rings is 1. The lowest BCUT2D eigenvalue weighted by atomic mass is 10.2. The number of carboxylic acids is 2. The normalized spacial score (nSPS) is 16.8. The molecule has 0 aliphatic carbocycles. The average Bonchev–Trinajstić information content (AvgIpc) is 2.67. The van der Waals surface area contributed by atoms with E-state index in [2.05, 4.69) is 4.90 Å². The first-order valence-electron chi connectivity index (χ1n) is 9.80. The molecule has 10 nitrogen and oxygen atoms in total. The minimum atomic E-state index is -3.44. The molecule has 2 rings (SSSR count). The summed E-state index contributed by atoms with van der Waals surface area (Å²) < 4.78 is 32.5. The van der Waals surface area contributed by atoms with Gasteiger partial charge in [-0.1, -0.05) is 17.7 Å². The number of hydrogen-bond acceptors (Lipinski definition) is 7. The van der Waals surface area contributed by atoms with Crippen LogP contribution in [-0.2, 0) is 24.3 Å². The molecule has 1 unspecified atom stereocenters. The SMILES string of the molecule is Cc1ccc(S(=O)(=O)N2CCN(CC(O)COC(C)(C)C)CC2)cc1.O=C(O)C(=O)O. The topological polar surface area (TPSA) is 145 Å². The Morgan fingerprint density at radius 3 is 1.94 bits per heavy atom. The number of rotatable bonds is 6. The van der Waals surface area contributed by atoms with Gasteiger partial charge in [-0.3, -0.25) is 4.90 Å². The summed E-state index contributed by atoms with van der Waals surface area (Å²) in [4.78, 5) is 20.6. The maximum absolute atomic E-state index is 12.7. The van der Waals surface area contributed by atoms with Gasteiger partial charge in [0.15, 0.2) is 0 Å². The van der Waals surface area contributed by atoms with Gasteiger partial charge in [0.25, 0.3) is 0 Å². The maximum atomic E-state index is 12.7. The second kappa shape index (κ2) is 11.5. The average molecular weight is 461 g/mol. The molecule has 1 aromatic carbocycles. The number of benzene rings is 1. The van der Waals surface area contributed by atoms with Gasteiger partial charge in [0.05, 0.1) is 23.2 Å². The number of aliphatic hydroxyl groups is 1. The molecule has 0 radical (unpaired) electrons. The number of sulfonamides is 1. The van der Waals surface area contributed by atoms with E-state index in [1.165, 1.54) is 4.31 Å². The van der Waals surface area contributed by atoms with Crippen molar-refractivity contribution in [2.45, 2.75) is 44.3 Å². The molecule has 11 heteroatoms. The van der Waals surface area contributed by atoms with Crippen LogP contribution in [0.1, 0.15) is 26.3 Å². The van der Waals surface area contributed by atoms with Crippen molar-refractivity contribution >= 4 is 22.0 Å². The first-order chi connectivity index (χ1) is 14.2. The second-order valence-corrected chi connectivity index (χ2v) is 10.1. The van der Waals surface area contributed by atoms with E-state index in [0.717, 1.165) is 5.56 Å². The molecule has 1 atom stereocenters. The van der Waals surface area contributed by atoms with Gasteiger partial charge in [-0.05, 0) is 39.8 Å². The Morgan fingerprint density at radius 1 is 1.03 bits per heavy atom. The summed E-state index contributed by atoms with van der Waals surface area (Å²) in [5.41, 5.74) is 0.761. The number of carboxylic acid groups (broad SMARTS) is 2. The molecule has 1 heterocycles. The summed E-state index contributed by atoms with van der Waals surface area (Å²) in [6.07, 6.45) is -0.570. The molecule has 0 bridgehead atoms. The van der Waals surface area contributed by atoms with Crippen molar-refractivity contribution in [3.63, 3.8) is 0 Å². The maximum Gasteiger partial charge on any atom is 0.414 e. The molecule has 1 aliphatic heterocycles. The lowest BCUT2D eigenvalue weighted by Gasteiger charge is -2.35. The van der Waals surface area contributed by atoms with E-state index >= 15 is 0 Å². The summed E-state index contributed by atoms with van der Waals surface area (Å²) in [5.74, 6) is -3.65. The molecule has 0 saturated carbocycles. The lowest BCUT2D eigenvalue weighted by molar-refractivity contribution is -0.159. The smallest absolute Gasteiger partial charge is 0.414 e. The highest BCUT2D eigenvalue weighted by atomic mass is 32.2. The summed E-state index contributed by atoms with van der Waals surface area (Å²) in [6, 6.07) is 6.94. The van der Waals surface area contributed by atoms with Crippen LogP contribution < -0.4 is 0 Å². The predicted molar refractivity (Wildman–Crippen MR) is 113 cm³/mol. The quantitative estimate of drug-likeness (QED) is 0.521. The number of hydrogen-bond donors (Lipinski definition) is 3. The predicted octanol–water partition coefficient (Wildman–Crippen LogP) is 0.633. The van der Waals surface area contributed by atoms with Crippen molar-refractivity contribution in [3.05, 3.63) is 29.8 Å². The largest absolute Gasteiger partial charge is 0.473 e. The first kappa shape index (κ1) is 27.0. The van der Waals surface area contributed by atoms with Crippen LogP contribution >= 0.6 is 0 Å². The van der Waals surface area contributed by atoms with Crippen molar-refractivity contribution < 1.29 is 38.1 Å². The molecule has 1 fully saturated rings. The Balaban J connectivity index is 0.000000703.